The molecule has 0 spiro atoms. The van der Waals surface area contributed by atoms with Crippen molar-refractivity contribution >= 4 is 28.9 Å². The van der Waals surface area contributed by atoms with Gasteiger partial charge in [-0.1, -0.05) is 24.3 Å². The zero-order chi connectivity index (χ0) is 16.1. The van der Waals surface area contributed by atoms with Crippen LogP contribution in [-0.2, 0) is 0 Å². The molecule has 1 aromatic carbocycles. The van der Waals surface area contributed by atoms with E-state index in [2.05, 4.69) is 16.7 Å². The lowest BCUT2D eigenvalue weighted by atomic mass is 10.1. The molecule has 0 saturated heterocycles. The van der Waals surface area contributed by atoms with Gasteiger partial charge in [-0.05, 0) is 23.6 Å². The molecule has 0 bridgehead atoms. The minimum Gasteiger partial charge on any atom is -0.253 e. The molecule has 0 saturated carbocycles. The Morgan fingerprint density at radius 2 is 2.04 bits per heavy atom. The third-order valence-electron chi connectivity index (χ3n) is 3.03. The van der Waals surface area contributed by atoms with Crippen molar-refractivity contribution < 1.29 is 4.39 Å². The van der Waals surface area contributed by atoms with Crippen molar-refractivity contribution in [3.63, 3.8) is 0 Å². The zero-order valence-corrected chi connectivity index (χ0v) is 13.9. The van der Waals surface area contributed by atoms with Crippen LogP contribution in [0.1, 0.15) is 4.88 Å². The summed E-state index contributed by atoms with van der Waals surface area (Å²) in [7, 11) is 0. The SMILES string of the molecule is C=CCN=c1scc(-c2ccccc2F)n1N=Cc1cccs1. The number of thiophene rings is 1. The smallest absolute Gasteiger partial charge is 0.206 e. The maximum Gasteiger partial charge on any atom is 0.206 e. The van der Waals surface area contributed by atoms with E-state index in [1.165, 1.54) is 17.4 Å². The minimum atomic E-state index is -0.277. The van der Waals surface area contributed by atoms with Crippen LogP contribution in [0, 0.1) is 5.82 Å². The molecule has 23 heavy (non-hydrogen) atoms. The van der Waals surface area contributed by atoms with E-state index in [-0.39, 0.29) is 5.82 Å². The molecule has 6 heteroatoms. The van der Waals surface area contributed by atoms with E-state index in [0.29, 0.717) is 22.6 Å². The van der Waals surface area contributed by atoms with Gasteiger partial charge in [-0.2, -0.15) is 5.10 Å². The molecule has 0 fully saturated rings. The summed E-state index contributed by atoms with van der Waals surface area (Å²) in [6, 6.07) is 10.6. The summed E-state index contributed by atoms with van der Waals surface area (Å²) in [5.74, 6) is -0.277. The molecular weight excluding hydrogens is 329 g/mol. The van der Waals surface area contributed by atoms with Gasteiger partial charge >= 0.3 is 0 Å². The quantitative estimate of drug-likeness (QED) is 0.486. The van der Waals surface area contributed by atoms with Gasteiger partial charge in [-0.15, -0.1) is 29.3 Å². The molecule has 0 amide bonds. The highest BCUT2D eigenvalue weighted by atomic mass is 32.1. The van der Waals surface area contributed by atoms with Crippen LogP contribution in [0.25, 0.3) is 11.3 Å². The number of aromatic nitrogens is 1. The molecule has 0 unspecified atom stereocenters. The summed E-state index contributed by atoms with van der Waals surface area (Å²) in [6.07, 6.45) is 3.48. The molecular formula is C17H14FN3S2. The van der Waals surface area contributed by atoms with Gasteiger partial charge in [0.25, 0.3) is 0 Å². The minimum absolute atomic E-state index is 0.277. The van der Waals surface area contributed by atoms with Crippen LogP contribution in [0.4, 0.5) is 4.39 Å². The molecule has 0 radical (unpaired) electrons. The molecule has 3 nitrogen and oxygen atoms in total. The molecule has 0 atom stereocenters. The topological polar surface area (TPSA) is 29.6 Å². The summed E-state index contributed by atoms with van der Waals surface area (Å²) < 4.78 is 15.8. The fourth-order valence-corrected chi connectivity index (χ4v) is 3.41. The van der Waals surface area contributed by atoms with Crippen molar-refractivity contribution in [2.24, 2.45) is 10.1 Å². The monoisotopic (exact) mass is 343 g/mol. The Hall–Kier alpha value is -2.31. The van der Waals surface area contributed by atoms with Crippen molar-refractivity contribution in [3.05, 3.63) is 75.3 Å². The van der Waals surface area contributed by atoms with Crippen LogP contribution in [0.5, 0.6) is 0 Å². The number of nitrogens with zero attached hydrogens (tertiary/aromatic N) is 3. The number of thiazole rings is 1. The number of rotatable bonds is 5. The van der Waals surface area contributed by atoms with Gasteiger partial charge in [0.2, 0.25) is 4.80 Å². The van der Waals surface area contributed by atoms with Crippen LogP contribution in [-0.4, -0.2) is 17.4 Å². The molecule has 116 valence electrons. The van der Waals surface area contributed by atoms with Gasteiger partial charge in [-0.25, -0.2) is 9.07 Å². The molecule has 0 aliphatic carbocycles. The number of halogens is 1. The summed E-state index contributed by atoms with van der Waals surface area (Å²) in [5, 5.41) is 8.35. The van der Waals surface area contributed by atoms with E-state index in [9.17, 15) is 4.39 Å². The fourth-order valence-electron chi connectivity index (χ4n) is 2.00. The summed E-state index contributed by atoms with van der Waals surface area (Å²) in [5.41, 5.74) is 1.19. The Labute approximate surface area is 141 Å². The first kappa shape index (κ1) is 15.6. The average molecular weight is 343 g/mol. The number of hydrogen-bond donors (Lipinski definition) is 0. The van der Waals surface area contributed by atoms with Gasteiger partial charge < -0.3 is 0 Å². The Morgan fingerprint density at radius 1 is 1.17 bits per heavy atom. The standard InChI is InChI=1S/C17H14FN3S2/c1-2-9-19-17-21(20-11-13-6-5-10-22-13)16(12-23-17)14-7-3-4-8-15(14)18/h2-8,10-12H,1,9H2. The molecule has 0 aliphatic heterocycles. The predicted octanol–water partition coefficient (Wildman–Crippen LogP) is 4.39. The lowest BCUT2D eigenvalue weighted by Gasteiger charge is -2.04. The largest absolute Gasteiger partial charge is 0.253 e. The van der Waals surface area contributed by atoms with Crippen LogP contribution >= 0.6 is 22.7 Å². The van der Waals surface area contributed by atoms with Gasteiger partial charge in [0.05, 0.1) is 18.5 Å². The van der Waals surface area contributed by atoms with Crippen LogP contribution in [0.3, 0.4) is 0 Å². The van der Waals surface area contributed by atoms with Crippen LogP contribution in [0.15, 0.2) is 69.9 Å². The average Bonchev–Trinajstić information content (AvgIpc) is 3.21. The third kappa shape index (κ3) is 3.55. The second-order valence-electron chi connectivity index (χ2n) is 4.58. The molecule has 3 aromatic rings. The predicted molar refractivity (Wildman–Crippen MR) is 95.6 cm³/mol. The highest BCUT2D eigenvalue weighted by Gasteiger charge is 2.11. The first-order chi connectivity index (χ1) is 11.3. The summed E-state index contributed by atoms with van der Waals surface area (Å²) in [4.78, 5) is 6.16. The van der Waals surface area contributed by atoms with Gasteiger partial charge in [-0.3, -0.25) is 4.99 Å². The second kappa shape index (κ2) is 7.30. The lowest BCUT2D eigenvalue weighted by Crippen LogP contribution is -2.12. The van der Waals surface area contributed by atoms with Crippen molar-refractivity contribution in [2.45, 2.75) is 0 Å². The normalized spacial score (nSPS) is 12.1. The zero-order valence-electron chi connectivity index (χ0n) is 12.2. The van der Waals surface area contributed by atoms with E-state index in [0.717, 1.165) is 4.88 Å². The van der Waals surface area contributed by atoms with E-state index in [4.69, 9.17) is 0 Å². The van der Waals surface area contributed by atoms with E-state index < -0.39 is 0 Å². The number of hydrogen-bond acceptors (Lipinski definition) is 4. The maximum absolute atomic E-state index is 14.1. The van der Waals surface area contributed by atoms with Crippen molar-refractivity contribution in [2.75, 3.05) is 6.54 Å². The highest BCUT2D eigenvalue weighted by molar-refractivity contribution is 7.11. The Morgan fingerprint density at radius 3 is 2.78 bits per heavy atom. The molecule has 3 rings (SSSR count). The number of benzene rings is 1. The van der Waals surface area contributed by atoms with Crippen molar-refractivity contribution in [1.29, 1.82) is 0 Å². The van der Waals surface area contributed by atoms with Crippen molar-refractivity contribution in [3.8, 4) is 11.3 Å². The molecule has 0 N–H and O–H groups in total. The Bertz CT molecular complexity index is 889. The first-order valence-corrected chi connectivity index (χ1v) is 8.70. The fraction of sp³-hybridized carbons (Fsp3) is 0.0588. The second-order valence-corrected chi connectivity index (χ2v) is 6.40. The first-order valence-electron chi connectivity index (χ1n) is 6.94. The van der Waals surface area contributed by atoms with Gasteiger partial charge in [0, 0.05) is 15.8 Å². The van der Waals surface area contributed by atoms with E-state index >= 15 is 0 Å². The lowest BCUT2D eigenvalue weighted by molar-refractivity contribution is 0.629. The molecule has 2 heterocycles. The Balaban J connectivity index is 2.12. The van der Waals surface area contributed by atoms with Crippen LogP contribution < -0.4 is 4.80 Å². The van der Waals surface area contributed by atoms with Crippen molar-refractivity contribution in [1.82, 2.24) is 4.68 Å². The maximum atomic E-state index is 14.1. The molecule has 2 aromatic heterocycles. The molecule has 0 aliphatic rings. The highest BCUT2D eigenvalue weighted by Crippen LogP contribution is 2.23. The van der Waals surface area contributed by atoms with E-state index in [1.54, 1.807) is 40.4 Å². The summed E-state index contributed by atoms with van der Waals surface area (Å²) >= 11 is 3.02. The van der Waals surface area contributed by atoms with Crippen LogP contribution in [0.2, 0.25) is 0 Å². The third-order valence-corrected chi connectivity index (χ3v) is 4.70. The van der Waals surface area contributed by atoms with E-state index in [1.807, 2.05) is 29.0 Å². The summed E-state index contributed by atoms with van der Waals surface area (Å²) in [6.45, 7) is 4.17. The Kier molecular flexibility index (Phi) is 4.95. The van der Waals surface area contributed by atoms with Gasteiger partial charge in [0.15, 0.2) is 0 Å². The van der Waals surface area contributed by atoms with Gasteiger partial charge in [0.1, 0.15) is 5.82 Å².